The predicted octanol–water partition coefficient (Wildman–Crippen LogP) is 2.52. The smallest absolute Gasteiger partial charge is 0.254 e. The van der Waals surface area contributed by atoms with Gasteiger partial charge in [0.25, 0.3) is 5.91 Å². The molecule has 1 saturated heterocycles. The van der Waals surface area contributed by atoms with Crippen molar-refractivity contribution in [1.29, 1.82) is 0 Å². The summed E-state index contributed by atoms with van der Waals surface area (Å²) in [7, 11) is -2.36. The van der Waals surface area contributed by atoms with E-state index in [1.807, 2.05) is 0 Å². The zero-order valence-electron chi connectivity index (χ0n) is 16.7. The molecule has 0 aliphatic carbocycles. The fraction of sp³-hybridized carbons (Fsp3) is 0.421. The van der Waals surface area contributed by atoms with E-state index in [9.17, 15) is 18.0 Å². The third-order valence-electron chi connectivity index (χ3n) is 4.73. The Hall–Kier alpha value is -2.43. The monoisotopic (exact) mass is 454 g/mol. The fourth-order valence-corrected chi connectivity index (χ4v) is 5.21. The van der Waals surface area contributed by atoms with Crippen LogP contribution in [0.5, 0.6) is 0 Å². The highest BCUT2D eigenvalue weighted by Crippen LogP contribution is 2.28. The van der Waals surface area contributed by atoms with E-state index in [4.69, 9.17) is 16.1 Å². The maximum absolute atomic E-state index is 13.0. The van der Waals surface area contributed by atoms with Gasteiger partial charge in [0.1, 0.15) is 10.7 Å². The number of piperidine rings is 1. The fourth-order valence-electron chi connectivity index (χ4n) is 3.19. The third kappa shape index (κ3) is 5.00. The number of halogens is 1. The van der Waals surface area contributed by atoms with Gasteiger partial charge in [0.05, 0.1) is 11.6 Å². The molecule has 1 aliphatic heterocycles. The molecule has 11 heteroatoms. The van der Waals surface area contributed by atoms with Crippen LogP contribution in [0.1, 0.15) is 35.4 Å². The first-order valence-corrected chi connectivity index (χ1v) is 11.3. The van der Waals surface area contributed by atoms with E-state index < -0.39 is 21.8 Å². The van der Waals surface area contributed by atoms with Crippen LogP contribution in [0.15, 0.2) is 33.7 Å². The Labute approximate surface area is 180 Å². The van der Waals surface area contributed by atoms with Gasteiger partial charge in [0, 0.05) is 31.8 Å². The summed E-state index contributed by atoms with van der Waals surface area (Å²) in [5, 5.41) is 6.24. The first-order chi connectivity index (χ1) is 14.2. The Bertz CT molecular complexity index is 1050. The first kappa shape index (κ1) is 22.3. The Kier molecular flexibility index (Phi) is 6.79. The number of rotatable bonds is 6. The van der Waals surface area contributed by atoms with Gasteiger partial charge < -0.3 is 14.7 Å². The van der Waals surface area contributed by atoms with Gasteiger partial charge in [-0.3, -0.25) is 9.59 Å². The van der Waals surface area contributed by atoms with Crippen molar-refractivity contribution >= 4 is 39.3 Å². The van der Waals surface area contributed by atoms with Gasteiger partial charge in [-0.15, -0.1) is 0 Å². The number of hydrogen-bond acceptors (Lipinski definition) is 6. The Morgan fingerprint density at radius 3 is 2.57 bits per heavy atom. The van der Waals surface area contributed by atoms with Crippen LogP contribution in [-0.4, -0.2) is 61.3 Å². The summed E-state index contributed by atoms with van der Waals surface area (Å²) < 4.78 is 32.2. The molecule has 1 aromatic carbocycles. The zero-order valence-corrected chi connectivity index (χ0v) is 18.3. The van der Waals surface area contributed by atoms with E-state index in [0.29, 0.717) is 18.8 Å². The van der Waals surface area contributed by atoms with Crippen LogP contribution in [0.25, 0.3) is 0 Å². The number of amides is 2. The summed E-state index contributed by atoms with van der Waals surface area (Å²) in [5.74, 6) is -0.180. The number of aromatic nitrogens is 1. The second-order valence-electron chi connectivity index (χ2n) is 7.14. The van der Waals surface area contributed by atoms with Gasteiger partial charge in [0.2, 0.25) is 15.9 Å². The van der Waals surface area contributed by atoms with Crippen molar-refractivity contribution in [2.45, 2.75) is 31.1 Å². The molecule has 0 radical (unpaired) electrons. The van der Waals surface area contributed by atoms with E-state index in [1.54, 1.807) is 13.0 Å². The summed E-state index contributed by atoms with van der Waals surface area (Å²) >= 11 is 6.15. The molecule has 0 spiro atoms. The lowest BCUT2D eigenvalue weighted by Crippen LogP contribution is -2.36. The Morgan fingerprint density at radius 2 is 1.93 bits per heavy atom. The Morgan fingerprint density at radius 1 is 1.23 bits per heavy atom. The number of anilines is 1. The molecule has 3 rings (SSSR count). The molecule has 1 aliphatic rings. The molecule has 1 fully saturated rings. The number of hydrogen-bond donors (Lipinski definition) is 1. The average Bonchev–Trinajstić information content (AvgIpc) is 3.12. The number of aryl methyl sites for hydroxylation is 1. The standard InChI is InChI=1S/C19H23ClN4O5S/c1-13-10-17(22-29-13)21-18(25)12-23(2)19(26)14-6-7-15(20)16(11-14)30(27,28)24-8-4-3-5-9-24/h6-7,10-11H,3-5,8-9,12H2,1-2H3,(H,21,22,25). The maximum atomic E-state index is 13.0. The zero-order chi connectivity index (χ0) is 21.9. The summed E-state index contributed by atoms with van der Waals surface area (Å²) in [6, 6.07) is 5.65. The van der Waals surface area contributed by atoms with Crippen molar-refractivity contribution in [3.05, 3.63) is 40.6 Å². The van der Waals surface area contributed by atoms with Gasteiger partial charge >= 0.3 is 0 Å². The predicted molar refractivity (Wildman–Crippen MR) is 111 cm³/mol. The van der Waals surface area contributed by atoms with Gasteiger partial charge in [0.15, 0.2) is 5.82 Å². The number of nitrogens with one attached hydrogen (secondary N) is 1. The van der Waals surface area contributed by atoms with Crippen molar-refractivity contribution in [2.24, 2.45) is 0 Å². The van der Waals surface area contributed by atoms with Gasteiger partial charge in [-0.05, 0) is 38.0 Å². The molecule has 0 unspecified atom stereocenters. The third-order valence-corrected chi connectivity index (χ3v) is 7.11. The minimum absolute atomic E-state index is 0.0546. The Balaban J connectivity index is 1.74. The lowest BCUT2D eigenvalue weighted by atomic mass is 10.2. The van der Waals surface area contributed by atoms with E-state index in [1.165, 1.54) is 34.5 Å². The largest absolute Gasteiger partial charge is 0.360 e. The number of sulfonamides is 1. The molecule has 9 nitrogen and oxygen atoms in total. The van der Waals surface area contributed by atoms with Gasteiger partial charge in [-0.1, -0.05) is 23.2 Å². The highest BCUT2D eigenvalue weighted by atomic mass is 35.5. The highest BCUT2D eigenvalue weighted by Gasteiger charge is 2.29. The molecular formula is C19H23ClN4O5S. The minimum Gasteiger partial charge on any atom is -0.360 e. The van der Waals surface area contributed by atoms with Crippen molar-refractivity contribution in [2.75, 3.05) is 32.0 Å². The highest BCUT2D eigenvalue weighted by molar-refractivity contribution is 7.89. The van der Waals surface area contributed by atoms with E-state index in [0.717, 1.165) is 19.3 Å². The quantitative estimate of drug-likeness (QED) is 0.717. The molecule has 30 heavy (non-hydrogen) atoms. The number of likely N-dealkylation sites (N-methyl/N-ethyl adjacent to an activating group) is 1. The molecule has 1 N–H and O–H groups in total. The second kappa shape index (κ2) is 9.15. The topological polar surface area (TPSA) is 113 Å². The first-order valence-electron chi connectivity index (χ1n) is 9.47. The molecule has 2 aromatic rings. The van der Waals surface area contributed by atoms with E-state index in [2.05, 4.69) is 10.5 Å². The van der Waals surface area contributed by atoms with Crippen LogP contribution in [-0.2, 0) is 14.8 Å². The number of carbonyl (C=O) groups is 2. The van der Waals surface area contributed by atoms with Crippen LogP contribution in [0.4, 0.5) is 5.82 Å². The van der Waals surface area contributed by atoms with Crippen LogP contribution in [0.2, 0.25) is 5.02 Å². The number of nitrogens with zero attached hydrogens (tertiary/aromatic N) is 3. The molecule has 0 atom stereocenters. The summed E-state index contributed by atoms with van der Waals surface area (Å²) in [6.45, 7) is 2.30. The van der Waals surface area contributed by atoms with E-state index >= 15 is 0 Å². The van der Waals surface area contributed by atoms with E-state index in [-0.39, 0.29) is 27.8 Å². The van der Waals surface area contributed by atoms with Crippen LogP contribution >= 0.6 is 11.6 Å². The van der Waals surface area contributed by atoms with Gasteiger partial charge in [-0.25, -0.2) is 8.42 Å². The normalized spacial score (nSPS) is 15.0. The van der Waals surface area contributed by atoms with Crippen LogP contribution in [0.3, 0.4) is 0 Å². The molecule has 2 heterocycles. The number of benzene rings is 1. The van der Waals surface area contributed by atoms with Crippen molar-refractivity contribution in [3.8, 4) is 0 Å². The van der Waals surface area contributed by atoms with Crippen LogP contribution in [0, 0.1) is 6.92 Å². The van der Waals surface area contributed by atoms with Gasteiger partial charge in [-0.2, -0.15) is 4.31 Å². The van der Waals surface area contributed by atoms with Crippen molar-refractivity contribution in [3.63, 3.8) is 0 Å². The summed E-state index contributed by atoms with van der Waals surface area (Å²) in [5.41, 5.74) is 0.127. The molecule has 2 amide bonds. The van der Waals surface area contributed by atoms with Crippen molar-refractivity contribution in [1.82, 2.24) is 14.4 Å². The lowest BCUT2D eigenvalue weighted by Gasteiger charge is -2.26. The second-order valence-corrected chi connectivity index (χ2v) is 9.46. The summed E-state index contributed by atoms with van der Waals surface area (Å²) in [6.07, 6.45) is 2.57. The molecule has 0 saturated carbocycles. The van der Waals surface area contributed by atoms with Crippen LogP contribution < -0.4 is 5.32 Å². The van der Waals surface area contributed by atoms with Crippen molar-refractivity contribution < 1.29 is 22.5 Å². The molecule has 162 valence electrons. The minimum atomic E-state index is -3.80. The molecular weight excluding hydrogens is 432 g/mol. The number of carbonyl (C=O) groups excluding carboxylic acids is 2. The molecule has 0 bridgehead atoms. The SMILES string of the molecule is Cc1cc(NC(=O)CN(C)C(=O)c2ccc(Cl)c(S(=O)(=O)N3CCCCC3)c2)no1. The summed E-state index contributed by atoms with van der Waals surface area (Å²) in [4.78, 5) is 26.0. The lowest BCUT2D eigenvalue weighted by molar-refractivity contribution is -0.116. The maximum Gasteiger partial charge on any atom is 0.254 e. The molecule has 1 aromatic heterocycles. The average molecular weight is 455 g/mol.